The highest BCUT2D eigenvalue weighted by Gasteiger charge is 2.07. The van der Waals surface area contributed by atoms with E-state index in [1.165, 1.54) is 32.1 Å². The summed E-state index contributed by atoms with van der Waals surface area (Å²) < 4.78 is 39.5. The van der Waals surface area contributed by atoms with Gasteiger partial charge < -0.3 is 0 Å². The Morgan fingerprint density at radius 3 is 1.95 bits per heavy atom. The van der Waals surface area contributed by atoms with Gasteiger partial charge in [-0.25, -0.2) is 4.39 Å². The lowest BCUT2D eigenvalue weighted by Crippen LogP contribution is -2.05. The minimum atomic E-state index is -3.35. The topological polar surface area (TPSA) is 43.4 Å². The predicted molar refractivity (Wildman–Crippen MR) is 82.2 cm³/mol. The van der Waals surface area contributed by atoms with Crippen molar-refractivity contribution < 1.29 is 17.0 Å². The zero-order chi connectivity index (χ0) is 15.3. The van der Waals surface area contributed by atoms with Gasteiger partial charge in [0.2, 0.25) is 0 Å². The molecule has 0 aromatic carbocycles. The van der Waals surface area contributed by atoms with E-state index in [2.05, 4.69) is 11.1 Å². The number of hydrogen-bond acceptors (Lipinski definition) is 3. The molecule has 0 fully saturated rings. The van der Waals surface area contributed by atoms with E-state index >= 15 is 0 Å². The Morgan fingerprint density at radius 2 is 1.40 bits per heavy atom. The Balaban J connectivity index is 3.26. The van der Waals surface area contributed by atoms with Gasteiger partial charge in [-0.1, -0.05) is 51.9 Å². The third-order valence-corrected chi connectivity index (χ3v) is 3.92. The van der Waals surface area contributed by atoms with Crippen molar-refractivity contribution >= 4 is 10.1 Å². The first-order valence-electron chi connectivity index (χ1n) is 7.94. The van der Waals surface area contributed by atoms with Gasteiger partial charge in [0.25, 0.3) is 10.1 Å². The molecule has 1 atom stereocenters. The minimum absolute atomic E-state index is 0.170. The molecule has 0 N–H and O–H groups in total. The van der Waals surface area contributed by atoms with Crippen LogP contribution in [0.15, 0.2) is 0 Å². The molecule has 0 aliphatic heterocycles. The molecule has 0 heterocycles. The molecule has 0 aromatic heterocycles. The first kappa shape index (κ1) is 19.8. The summed E-state index contributed by atoms with van der Waals surface area (Å²) in [6.45, 7) is 2.37. The van der Waals surface area contributed by atoms with Crippen LogP contribution >= 0.6 is 0 Å². The summed E-state index contributed by atoms with van der Waals surface area (Å²) in [4.78, 5) is 0. The standard InChI is InChI=1S/C15H31FO3S/c1-3-4-5-6-7-8-9-12-15(16)13-10-11-14-19-20(2,17)18/h15H,3-14H2,1-2H3. The van der Waals surface area contributed by atoms with Crippen LogP contribution < -0.4 is 0 Å². The molecule has 5 heteroatoms. The molecule has 0 rings (SSSR count). The highest BCUT2D eigenvalue weighted by Crippen LogP contribution is 2.15. The van der Waals surface area contributed by atoms with Gasteiger partial charge in [0.1, 0.15) is 6.17 Å². The molecule has 0 aromatic rings. The summed E-state index contributed by atoms with van der Waals surface area (Å²) in [5.41, 5.74) is 0. The van der Waals surface area contributed by atoms with Gasteiger partial charge in [-0.2, -0.15) is 8.42 Å². The van der Waals surface area contributed by atoms with E-state index in [1.54, 1.807) is 0 Å². The summed E-state index contributed by atoms with van der Waals surface area (Å²) in [5.74, 6) is 0. The van der Waals surface area contributed by atoms with E-state index in [0.717, 1.165) is 19.1 Å². The van der Waals surface area contributed by atoms with Crippen molar-refractivity contribution in [2.45, 2.75) is 83.7 Å². The highest BCUT2D eigenvalue weighted by molar-refractivity contribution is 7.85. The molecular weight excluding hydrogens is 279 g/mol. The van der Waals surface area contributed by atoms with E-state index in [1.807, 2.05) is 0 Å². The second-order valence-electron chi connectivity index (χ2n) is 5.53. The average Bonchev–Trinajstić information content (AvgIpc) is 2.36. The van der Waals surface area contributed by atoms with Crippen molar-refractivity contribution in [2.75, 3.05) is 12.9 Å². The van der Waals surface area contributed by atoms with E-state index in [0.29, 0.717) is 25.7 Å². The fourth-order valence-corrected chi connectivity index (χ4v) is 2.57. The summed E-state index contributed by atoms with van der Waals surface area (Å²) in [7, 11) is -3.35. The zero-order valence-corrected chi connectivity index (χ0v) is 13.9. The van der Waals surface area contributed by atoms with Gasteiger partial charge in [-0.3, -0.25) is 4.18 Å². The van der Waals surface area contributed by atoms with Crippen LogP contribution in [0.4, 0.5) is 4.39 Å². The SMILES string of the molecule is CCCCCCCCCC(F)CCCCOS(C)(=O)=O. The molecule has 0 aliphatic carbocycles. The van der Waals surface area contributed by atoms with Crippen molar-refractivity contribution in [1.29, 1.82) is 0 Å². The number of hydrogen-bond donors (Lipinski definition) is 0. The zero-order valence-electron chi connectivity index (χ0n) is 13.1. The second kappa shape index (κ2) is 12.6. The summed E-state index contributed by atoms with van der Waals surface area (Å²) in [5, 5.41) is 0. The summed E-state index contributed by atoms with van der Waals surface area (Å²) >= 11 is 0. The van der Waals surface area contributed by atoms with E-state index in [4.69, 9.17) is 0 Å². The third-order valence-electron chi connectivity index (χ3n) is 3.33. The van der Waals surface area contributed by atoms with Crippen molar-refractivity contribution in [2.24, 2.45) is 0 Å². The van der Waals surface area contributed by atoms with Crippen molar-refractivity contribution in [1.82, 2.24) is 0 Å². The minimum Gasteiger partial charge on any atom is -0.270 e. The lowest BCUT2D eigenvalue weighted by Gasteiger charge is -2.08. The van der Waals surface area contributed by atoms with Crippen LogP contribution in [0.2, 0.25) is 0 Å². The lowest BCUT2D eigenvalue weighted by molar-refractivity contribution is 0.263. The number of halogens is 1. The van der Waals surface area contributed by atoms with E-state index in [9.17, 15) is 12.8 Å². The molecule has 20 heavy (non-hydrogen) atoms. The smallest absolute Gasteiger partial charge is 0.264 e. The average molecular weight is 310 g/mol. The quantitative estimate of drug-likeness (QED) is 0.347. The fraction of sp³-hybridized carbons (Fsp3) is 1.00. The maximum absolute atomic E-state index is 13.5. The molecular formula is C15H31FO3S. The molecule has 0 saturated carbocycles. The fourth-order valence-electron chi connectivity index (χ4n) is 2.15. The normalized spacial score (nSPS) is 13.6. The summed E-state index contributed by atoms with van der Waals surface area (Å²) in [6.07, 6.45) is 11.2. The van der Waals surface area contributed by atoms with Crippen LogP contribution in [0.25, 0.3) is 0 Å². The lowest BCUT2D eigenvalue weighted by atomic mass is 10.0. The van der Waals surface area contributed by atoms with E-state index in [-0.39, 0.29) is 6.61 Å². The largest absolute Gasteiger partial charge is 0.270 e. The Kier molecular flexibility index (Phi) is 12.5. The highest BCUT2D eigenvalue weighted by atomic mass is 32.2. The molecule has 1 unspecified atom stereocenters. The first-order chi connectivity index (χ1) is 9.45. The Bertz CT molecular complexity index is 304. The molecule has 0 spiro atoms. The van der Waals surface area contributed by atoms with Crippen molar-refractivity contribution in [3.8, 4) is 0 Å². The van der Waals surface area contributed by atoms with Crippen LogP contribution in [0.3, 0.4) is 0 Å². The maximum Gasteiger partial charge on any atom is 0.264 e. The maximum atomic E-state index is 13.5. The van der Waals surface area contributed by atoms with Crippen LogP contribution in [0, 0.1) is 0 Å². The van der Waals surface area contributed by atoms with Crippen molar-refractivity contribution in [3.63, 3.8) is 0 Å². The molecule has 0 aliphatic rings. The van der Waals surface area contributed by atoms with Crippen LogP contribution in [-0.2, 0) is 14.3 Å². The van der Waals surface area contributed by atoms with Crippen molar-refractivity contribution in [3.05, 3.63) is 0 Å². The predicted octanol–water partition coefficient (Wildman–Crippen LogP) is 4.61. The Labute approximate surface area is 124 Å². The number of rotatable bonds is 14. The van der Waals surface area contributed by atoms with Crippen LogP contribution in [-0.4, -0.2) is 27.5 Å². The Morgan fingerprint density at radius 1 is 0.900 bits per heavy atom. The first-order valence-corrected chi connectivity index (χ1v) is 9.76. The number of unbranched alkanes of at least 4 members (excludes halogenated alkanes) is 7. The van der Waals surface area contributed by atoms with Gasteiger partial charge in [0.15, 0.2) is 0 Å². The number of alkyl halides is 1. The van der Waals surface area contributed by atoms with Gasteiger partial charge in [-0.05, 0) is 25.7 Å². The second-order valence-corrected chi connectivity index (χ2v) is 7.17. The Hall–Kier alpha value is -0.160. The van der Waals surface area contributed by atoms with Gasteiger partial charge in [-0.15, -0.1) is 0 Å². The molecule has 0 amide bonds. The third kappa shape index (κ3) is 15.9. The van der Waals surface area contributed by atoms with E-state index < -0.39 is 16.3 Å². The monoisotopic (exact) mass is 310 g/mol. The van der Waals surface area contributed by atoms with Gasteiger partial charge in [0, 0.05) is 0 Å². The van der Waals surface area contributed by atoms with Gasteiger partial charge >= 0.3 is 0 Å². The van der Waals surface area contributed by atoms with Crippen LogP contribution in [0.5, 0.6) is 0 Å². The molecule has 0 saturated heterocycles. The molecule has 0 radical (unpaired) electrons. The summed E-state index contributed by atoms with van der Waals surface area (Å²) in [6, 6.07) is 0. The molecule has 122 valence electrons. The van der Waals surface area contributed by atoms with Gasteiger partial charge in [0.05, 0.1) is 12.9 Å². The molecule has 3 nitrogen and oxygen atoms in total. The van der Waals surface area contributed by atoms with Crippen LogP contribution in [0.1, 0.15) is 77.6 Å². The molecule has 0 bridgehead atoms.